The van der Waals surface area contributed by atoms with Crippen molar-refractivity contribution < 1.29 is 4.79 Å². The zero-order chi connectivity index (χ0) is 18.6. The van der Waals surface area contributed by atoms with Crippen molar-refractivity contribution in [1.82, 2.24) is 19.6 Å². The van der Waals surface area contributed by atoms with E-state index in [-0.39, 0.29) is 11.3 Å². The zero-order valence-corrected chi connectivity index (χ0v) is 15.9. The summed E-state index contributed by atoms with van der Waals surface area (Å²) in [5, 5.41) is 6.95. The van der Waals surface area contributed by atoms with Crippen LogP contribution in [-0.2, 0) is 17.9 Å². The first-order valence-electron chi connectivity index (χ1n) is 9.18. The molecule has 1 aliphatic heterocycles. The van der Waals surface area contributed by atoms with Gasteiger partial charge in [-0.1, -0.05) is 18.2 Å². The second kappa shape index (κ2) is 8.02. The number of benzene rings is 1. The molecule has 1 fully saturated rings. The van der Waals surface area contributed by atoms with Crippen molar-refractivity contribution in [2.75, 3.05) is 26.2 Å². The molecule has 3 heterocycles. The minimum absolute atomic E-state index is 0.0879. The van der Waals surface area contributed by atoms with Crippen LogP contribution in [0.4, 0.5) is 0 Å². The van der Waals surface area contributed by atoms with E-state index in [0.717, 1.165) is 38.2 Å². The standard InChI is InChI=1S/C20H22N4O2S/c25-19-14-21-24(18-6-2-1-5-17(18)19)8-7-20(26)23-11-9-22(10-12-23)15-16-4-3-13-27-16/h1-6,13-14H,7-12,15H2. The molecule has 0 spiro atoms. The van der Waals surface area contributed by atoms with Crippen LogP contribution in [-0.4, -0.2) is 51.7 Å². The number of fused-ring (bicyclic) bond motifs is 1. The molecule has 6 nitrogen and oxygen atoms in total. The molecule has 2 aromatic heterocycles. The molecule has 0 N–H and O–H groups in total. The van der Waals surface area contributed by atoms with Gasteiger partial charge >= 0.3 is 0 Å². The average Bonchev–Trinajstić information content (AvgIpc) is 3.21. The summed E-state index contributed by atoms with van der Waals surface area (Å²) in [7, 11) is 0. The van der Waals surface area contributed by atoms with E-state index < -0.39 is 0 Å². The van der Waals surface area contributed by atoms with Gasteiger partial charge < -0.3 is 4.90 Å². The number of aromatic nitrogens is 2. The van der Waals surface area contributed by atoms with E-state index in [1.54, 1.807) is 22.1 Å². The molecule has 1 aliphatic rings. The first-order valence-corrected chi connectivity index (χ1v) is 10.1. The fraction of sp³-hybridized carbons (Fsp3) is 0.350. The molecule has 0 radical (unpaired) electrons. The van der Waals surface area contributed by atoms with Crippen LogP contribution in [0.5, 0.6) is 0 Å². The highest BCUT2D eigenvalue weighted by molar-refractivity contribution is 7.09. The maximum absolute atomic E-state index is 12.6. The number of rotatable bonds is 5. The van der Waals surface area contributed by atoms with E-state index in [2.05, 4.69) is 27.5 Å². The Morgan fingerprint density at radius 1 is 1.07 bits per heavy atom. The quantitative estimate of drug-likeness (QED) is 0.679. The van der Waals surface area contributed by atoms with Crippen LogP contribution < -0.4 is 5.43 Å². The first kappa shape index (κ1) is 17.9. The van der Waals surface area contributed by atoms with E-state index >= 15 is 0 Å². The van der Waals surface area contributed by atoms with Crippen LogP contribution in [0, 0.1) is 0 Å². The van der Waals surface area contributed by atoms with Crippen LogP contribution in [0.15, 0.2) is 52.8 Å². The Hall–Kier alpha value is -2.51. The maximum Gasteiger partial charge on any atom is 0.224 e. The first-order chi connectivity index (χ1) is 13.2. The Morgan fingerprint density at radius 2 is 1.89 bits per heavy atom. The molecule has 27 heavy (non-hydrogen) atoms. The smallest absolute Gasteiger partial charge is 0.224 e. The fourth-order valence-electron chi connectivity index (χ4n) is 3.48. The van der Waals surface area contributed by atoms with Gasteiger partial charge in [-0.15, -0.1) is 11.3 Å². The second-order valence-electron chi connectivity index (χ2n) is 6.74. The summed E-state index contributed by atoms with van der Waals surface area (Å²) in [5.41, 5.74) is 0.689. The number of carbonyl (C=O) groups excluding carboxylic acids is 1. The van der Waals surface area contributed by atoms with Crippen molar-refractivity contribution in [3.05, 3.63) is 63.1 Å². The third-order valence-electron chi connectivity index (χ3n) is 4.98. The fourth-order valence-corrected chi connectivity index (χ4v) is 4.22. The van der Waals surface area contributed by atoms with Crippen LogP contribution in [0.25, 0.3) is 10.9 Å². The summed E-state index contributed by atoms with van der Waals surface area (Å²) in [6.07, 6.45) is 1.72. The van der Waals surface area contributed by atoms with Gasteiger partial charge in [0.05, 0.1) is 18.3 Å². The van der Waals surface area contributed by atoms with Gasteiger partial charge in [-0.25, -0.2) is 0 Å². The average molecular weight is 382 g/mol. The number of nitrogens with zero attached hydrogens (tertiary/aromatic N) is 4. The van der Waals surface area contributed by atoms with Gasteiger partial charge in [0.1, 0.15) is 0 Å². The van der Waals surface area contributed by atoms with E-state index in [0.29, 0.717) is 18.4 Å². The molecule has 4 rings (SSSR count). The van der Waals surface area contributed by atoms with Gasteiger partial charge in [0.25, 0.3) is 0 Å². The summed E-state index contributed by atoms with van der Waals surface area (Å²) in [4.78, 5) is 30.2. The van der Waals surface area contributed by atoms with Crippen LogP contribution in [0.1, 0.15) is 11.3 Å². The maximum atomic E-state index is 12.6. The molecule has 7 heteroatoms. The third kappa shape index (κ3) is 4.09. The lowest BCUT2D eigenvalue weighted by molar-refractivity contribution is -0.133. The number of hydrogen-bond donors (Lipinski definition) is 0. The Bertz CT molecular complexity index is 975. The molecule has 0 atom stereocenters. The molecule has 0 bridgehead atoms. The van der Waals surface area contributed by atoms with Gasteiger partial charge in [-0.3, -0.25) is 19.2 Å². The predicted octanol–water partition coefficient (Wildman–Crippen LogP) is 2.19. The summed E-state index contributed by atoms with van der Waals surface area (Å²) >= 11 is 1.78. The molecule has 1 saturated heterocycles. The normalized spacial score (nSPS) is 15.3. The Balaban J connectivity index is 1.33. The molecule has 1 amide bonds. The van der Waals surface area contributed by atoms with Crippen molar-refractivity contribution in [2.24, 2.45) is 0 Å². The van der Waals surface area contributed by atoms with Gasteiger partial charge in [0.2, 0.25) is 11.3 Å². The van der Waals surface area contributed by atoms with E-state index in [9.17, 15) is 9.59 Å². The Labute approximate surface area is 161 Å². The van der Waals surface area contributed by atoms with Gasteiger partial charge in [-0.05, 0) is 23.6 Å². The summed E-state index contributed by atoms with van der Waals surface area (Å²) in [5.74, 6) is 0.148. The summed E-state index contributed by atoms with van der Waals surface area (Å²) in [6, 6.07) is 11.6. The number of carbonyl (C=O) groups is 1. The number of thiophene rings is 1. The predicted molar refractivity (Wildman–Crippen MR) is 107 cm³/mol. The van der Waals surface area contributed by atoms with Gasteiger partial charge in [0, 0.05) is 49.4 Å². The highest BCUT2D eigenvalue weighted by Crippen LogP contribution is 2.14. The number of hydrogen-bond acceptors (Lipinski definition) is 5. The van der Waals surface area contributed by atoms with E-state index in [4.69, 9.17) is 0 Å². The molecular formula is C20H22N4O2S. The minimum Gasteiger partial charge on any atom is -0.340 e. The third-order valence-corrected chi connectivity index (χ3v) is 5.85. The lowest BCUT2D eigenvalue weighted by Gasteiger charge is -2.34. The zero-order valence-electron chi connectivity index (χ0n) is 15.1. The Kier molecular flexibility index (Phi) is 5.31. The van der Waals surface area contributed by atoms with Crippen molar-refractivity contribution in [2.45, 2.75) is 19.5 Å². The molecule has 0 unspecified atom stereocenters. The highest BCUT2D eigenvalue weighted by atomic mass is 32.1. The molecule has 140 valence electrons. The molecule has 1 aromatic carbocycles. The van der Waals surface area contributed by atoms with E-state index in [1.165, 1.54) is 11.1 Å². The number of aryl methyl sites for hydroxylation is 1. The van der Waals surface area contributed by atoms with E-state index in [1.807, 2.05) is 23.1 Å². The van der Waals surface area contributed by atoms with Crippen molar-refractivity contribution in [1.29, 1.82) is 0 Å². The summed E-state index contributed by atoms with van der Waals surface area (Å²) in [6.45, 7) is 4.79. The monoisotopic (exact) mass is 382 g/mol. The largest absolute Gasteiger partial charge is 0.340 e. The SMILES string of the molecule is O=C(CCn1ncc(=O)c2ccccc21)N1CCN(Cc2cccs2)CC1. The van der Waals surface area contributed by atoms with Gasteiger partial charge in [0.15, 0.2) is 0 Å². The molecule has 3 aromatic rings. The summed E-state index contributed by atoms with van der Waals surface area (Å²) < 4.78 is 1.75. The number of para-hydroxylation sites is 1. The lowest BCUT2D eigenvalue weighted by atomic mass is 10.2. The Morgan fingerprint density at radius 3 is 2.67 bits per heavy atom. The van der Waals surface area contributed by atoms with Crippen LogP contribution in [0.3, 0.4) is 0 Å². The molecule has 0 saturated carbocycles. The van der Waals surface area contributed by atoms with Gasteiger partial charge in [-0.2, -0.15) is 5.10 Å². The van der Waals surface area contributed by atoms with Crippen LogP contribution >= 0.6 is 11.3 Å². The topological polar surface area (TPSA) is 58.4 Å². The minimum atomic E-state index is -0.0879. The molecular weight excluding hydrogens is 360 g/mol. The number of amides is 1. The lowest BCUT2D eigenvalue weighted by Crippen LogP contribution is -2.48. The highest BCUT2D eigenvalue weighted by Gasteiger charge is 2.21. The second-order valence-corrected chi connectivity index (χ2v) is 7.77. The van der Waals surface area contributed by atoms with Crippen molar-refractivity contribution in [3.63, 3.8) is 0 Å². The molecule has 0 aliphatic carbocycles. The van der Waals surface area contributed by atoms with Crippen LogP contribution in [0.2, 0.25) is 0 Å². The van der Waals surface area contributed by atoms with Crippen molar-refractivity contribution >= 4 is 28.1 Å². The van der Waals surface area contributed by atoms with Crippen molar-refractivity contribution in [3.8, 4) is 0 Å². The number of piperazine rings is 1.